The van der Waals surface area contributed by atoms with Gasteiger partial charge in [-0.1, -0.05) is 74.2 Å². The van der Waals surface area contributed by atoms with Gasteiger partial charge in [0, 0.05) is 26.1 Å². The highest BCUT2D eigenvalue weighted by molar-refractivity contribution is 7.89. The van der Waals surface area contributed by atoms with E-state index in [-0.39, 0.29) is 43.0 Å². The molecule has 2 N–H and O–H groups in total. The van der Waals surface area contributed by atoms with E-state index in [1.54, 1.807) is 30.3 Å². The second-order valence-electron chi connectivity index (χ2n) is 9.51. The summed E-state index contributed by atoms with van der Waals surface area (Å²) in [7, 11) is -3.64. The molecule has 194 valence electrons. The second kappa shape index (κ2) is 12.5. The van der Waals surface area contributed by atoms with Crippen molar-refractivity contribution in [2.24, 2.45) is 5.92 Å². The summed E-state index contributed by atoms with van der Waals surface area (Å²) in [4.78, 5) is 26.1. The Labute approximate surface area is 213 Å². The Balaban J connectivity index is 1.35. The number of nitrogens with one attached hydrogen (secondary N) is 2. The Morgan fingerprint density at radius 1 is 1.00 bits per heavy atom. The number of nitrogens with zero attached hydrogens (tertiary/aromatic N) is 1. The van der Waals surface area contributed by atoms with Crippen LogP contribution in [-0.2, 0) is 24.3 Å². The molecule has 2 atom stereocenters. The minimum Gasteiger partial charge on any atom is -0.374 e. The maximum Gasteiger partial charge on any atom is 0.247 e. The van der Waals surface area contributed by atoms with Gasteiger partial charge in [0.05, 0.1) is 17.6 Å². The zero-order valence-corrected chi connectivity index (χ0v) is 21.3. The smallest absolute Gasteiger partial charge is 0.247 e. The molecule has 1 aliphatic heterocycles. The van der Waals surface area contributed by atoms with Crippen molar-refractivity contribution in [2.75, 3.05) is 26.2 Å². The lowest BCUT2D eigenvalue weighted by Crippen LogP contribution is -2.50. The fraction of sp³-hybridized carbons (Fsp3) is 0.481. The first kappa shape index (κ1) is 26.3. The van der Waals surface area contributed by atoms with Crippen molar-refractivity contribution in [3.8, 4) is 0 Å². The van der Waals surface area contributed by atoms with Crippen LogP contribution >= 0.6 is 0 Å². The number of hydrogen-bond acceptors (Lipinski definition) is 5. The van der Waals surface area contributed by atoms with Gasteiger partial charge in [0.1, 0.15) is 6.04 Å². The third-order valence-electron chi connectivity index (χ3n) is 6.94. The van der Waals surface area contributed by atoms with Crippen LogP contribution in [-0.4, -0.2) is 56.9 Å². The van der Waals surface area contributed by atoms with Crippen LogP contribution in [0.4, 0.5) is 0 Å². The fourth-order valence-electron chi connectivity index (χ4n) is 4.91. The van der Waals surface area contributed by atoms with Crippen molar-refractivity contribution >= 4 is 21.8 Å². The average molecular weight is 514 g/mol. The van der Waals surface area contributed by atoms with Crippen LogP contribution < -0.4 is 10.6 Å². The van der Waals surface area contributed by atoms with Crippen molar-refractivity contribution in [1.29, 1.82) is 0 Å². The van der Waals surface area contributed by atoms with E-state index in [0.717, 1.165) is 6.42 Å². The lowest BCUT2D eigenvalue weighted by molar-refractivity contribution is -0.129. The summed E-state index contributed by atoms with van der Waals surface area (Å²) in [5.74, 6) is 0.111. The molecule has 0 bridgehead atoms. The number of sulfonamides is 1. The van der Waals surface area contributed by atoms with E-state index in [0.29, 0.717) is 17.9 Å². The third kappa shape index (κ3) is 6.93. The summed E-state index contributed by atoms with van der Waals surface area (Å²) in [5, 5.41) is 5.77. The van der Waals surface area contributed by atoms with Gasteiger partial charge in [-0.3, -0.25) is 9.59 Å². The Kier molecular flexibility index (Phi) is 9.12. The molecule has 0 spiro atoms. The number of amides is 2. The molecule has 2 aromatic rings. The molecule has 1 heterocycles. The van der Waals surface area contributed by atoms with Gasteiger partial charge < -0.3 is 15.4 Å². The number of rotatable bonds is 10. The van der Waals surface area contributed by atoms with Crippen LogP contribution in [0.25, 0.3) is 0 Å². The first-order valence-corrected chi connectivity index (χ1v) is 14.2. The average Bonchev–Trinajstić information content (AvgIpc) is 3.44. The van der Waals surface area contributed by atoms with Crippen molar-refractivity contribution in [1.82, 2.24) is 14.9 Å². The minimum absolute atomic E-state index is 0.139. The molecule has 8 nitrogen and oxygen atoms in total. The molecule has 1 aliphatic carbocycles. The molecule has 1 saturated carbocycles. The molecule has 2 aromatic carbocycles. The summed E-state index contributed by atoms with van der Waals surface area (Å²) in [6.45, 7) is 0.778. The van der Waals surface area contributed by atoms with Crippen molar-refractivity contribution in [3.63, 3.8) is 0 Å². The highest BCUT2D eigenvalue weighted by Crippen LogP contribution is 2.28. The molecule has 9 heteroatoms. The van der Waals surface area contributed by atoms with Crippen LogP contribution in [0.2, 0.25) is 0 Å². The lowest BCUT2D eigenvalue weighted by Gasteiger charge is -2.32. The van der Waals surface area contributed by atoms with Crippen LogP contribution in [0.1, 0.15) is 50.1 Å². The summed E-state index contributed by atoms with van der Waals surface area (Å²) in [6.07, 6.45) is 5.57. The number of ether oxygens (including phenoxy) is 1. The largest absolute Gasteiger partial charge is 0.374 e. The van der Waals surface area contributed by atoms with E-state index in [1.165, 1.54) is 30.0 Å². The van der Waals surface area contributed by atoms with Crippen molar-refractivity contribution in [2.45, 2.75) is 55.6 Å². The predicted octanol–water partition coefficient (Wildman–Crippen LogP) is 3.02. The predicted molar refractivity (Wildman–Crippen MR) is 136 cm³/mol. The van der Waals surface area contributed by atoms with Crippen LogP contribution in [0.5, 0.6) is 0 Å². The van der Waals surface area contributed by atoms with Gasteiger partial charge >= 0.3 is 0 Å². The van der Waals surface area contributed by atoms with Gasteiger partial charge in [0.2, 0.25) is 21.8 Å². The normalized spacial score (nSPS) is 20.1. The lowest BCUT2D eigenvalue weighted by atomic mass is 10.0. The van der Waals surface area contributed by atoms with Gasteiger partial charge in [0.25, 0.3) is 0 Å². The molecule has 4 rings (SSSR count). The monoisotopic (exact) mass is 513 g/mol. The van der Waals surface area contributed by atoms with E-state index >= 15 is 0 Å². The summed E-state index contributed by atoms with van der Waals surface area (Å²) in [5.41, 5.74) is 0.696. The van der Waals surface area contributed by atoms with E-state index in [9.17, 15) is 18.0 Å². The molecular weight excluding hydrogens is 478 g/mol. The molecule has 0 aromatic heterocycles. The van der Waals surface area contributed by atoms with E-state index in [1.807, 2.05) is 30.3 Å². The van der Waals surface area contributed by atoms with Crippen molar-refractivity contribution < 1.29 is 22.7 Å². The number of morpholine rings is 1. The third-order valence-corrected chi connectivity index (χ3v) is 8.82. The molecular formula is C27H35N3O5S. The Morgan fingerprint density at radius 2 is 1.67 bits per heavy atom. The van der Waals surface area contributed by atoms with Gasteiger partial charge in [-0.2, -0.15) is 4.31 Å². The Morgan fingerprint density at radius 3 is 2.36 bits per heavy atom. The summed E-state index contributed by atoms with van der Waals surface area (Å²) >= 11 is 0. The maximum absolute atomic E-state index is 13.2. The van der Waals surface area contributed by atoms with Crippen molar-refractivity contribution in [3.05, 3.63) is 66.2 Å². The molecule has 1 saturated heterocycles. The van der Waals surface area contributed by atoms with E-state index in [4.69, 9.17) is 4.74 Å². The molecule has 2 aliphatic rings. The fourth-order valence-corrected chi connectivity index (χ4v) is 6.38. The summed E-state index contributed by atoms with van der Waals surface area (Å²) in [6, 6.07) is 16.6. The first-order valence-electron chi connectivity index (χ1n) is 12.7. The molecule has 1 unspecified atom stereocenters. The molecule has 0 radical (unpaired) electrons. The highest BCUT2D eigenvalue weighted by Gasteiger charge is 2.32. The second-order valence-corrected chi connectivity index (χ2v) is 11.5. The Bertz CT molecular complexity index is 1100. The molecule has 2 amide bonds. The zero-order chi connectivity index (χ0) is 25.4. The van der Waals surface area contributed by atoms with Gasteiger partial charge in [-0.05, 0) is 30.0 Å². The first-order chi connectivity index (χ1) is 17.4. The SMILES string of the molecule is O=C(CCC1CCCC1)N[C@H](C(=O)NCC1CN(S(=O)(=O)c2ccccc2)CCO1)c1ccccc1. The standard InChI is InChI=1S/C27H35N3O5S/c31-25(16-15-21-9-7-8-10-21)29-26(22-11-3-1-4-12-22)27(32)28-19-23-20-30(17-18-35-23)36(33,34)24-13-5-2-6-14-24/h1-6,11-14,21,23,26H,7-10,15-20H2,(H,28,32)(H,29,31)/t23?,26-/m0/s1. The van der Waals surface area contributed by atoms with Gasteiger partial charge in [0.15, 0.2) is 0 Å². The van der Waals surface area contributed by atoms with Gasteiger partial charge in [-0.25, -0.2) is 8.42 Å². The number of carbonyl (C=O) groups excluding carboxylic acids is 2. The van der Waals surface area contributed by atoms with Crippen LogP contribution in [0.3, 0.4) is 0 Å². The van der Waals surface area contributed by atoms with Crippen LogP contribution in [0, 0.1) is 5.92 Å². The molecule has 36 heavy (non-hydrogen) atoms. The van der Waals surface area contributed by atoms with E-state index in [2.05, 4.69) is 10.6 Å². The topological polar surface area (TPSA) is 105 Å². The van der Waals surface area contributed by atoms with E-state index < -0.39 is 22.2 Å². The maximum atomic E-state index is 13.2. The zero-order valence-electron chi connectivity index (χ0n) is 20.5. The van der Waals surface area contributed by atoms with Gasteiger partial charge in [-0.15, -0.1) is 0 Å². The molecule has 2 fully saturated rings. The summed E-state index contributed by atoms with van der Waals surface area (Å²) < 4.78 is 33.1. The quantitative estimate of drug-likeness (QED) is 0.508. The number of carbonyl (C=O) groups is 2. The number of hydrogen-bond donors (Lipinski definition) is 2. The van der Waals surface area contributed by atoms with Crippen LogP contribution in [0.15, 0.2) is 65.6 Å². The number of benzene rings is 2. The minimum atomic E-state index is -3.64. The highest BCUT2D eigenvalue weighted by atomic mass is 32.2. The Hall–Kier alpha value is -2.75.